The number of nitrogens with zero attached hydrogens (tertiary/aromatic N) is 2. The van der Waals surface area contributed by atoms with Crippen molar-refractivity contribution in [1.82, 2.24) is 9.55 Å². The molecule has 4 nitrogen and oxygen atoms in total. The molecule has 0 unspecified atom stereocenters. The predicted octanol–water partition coefficient (Wildman–Crippen LogP) is 5.39. The van der Waals surface area contributed by atoms with E-state index in [1.165, 1.54) is 35.3 Å². The number of ether oxygens (including phenoxy) is 1. The SMILES string of the molecule is Cc1cccc(OCCn2cnc3scc(-c4ccc5c(c4)CCCC5)c3c2=O)c1. The third-order valence-electron chi connectivity index (χ3n) is 5.81. The summed E-state index contributed by atoms with van der Waals surface area (Å²) in [5.74, 6) is 0.822. The van der Waals surface area contributed by atoms with Crippen LogP contribution in [0.15, 0.2) is 59.0 Å². The second-order valence-corrected chi connectivity index (χ2v) is 8.79. The van der Waals surface area contributed by atoms with Gasteiger partial charge in [0.1, 0.15) is 17.2 Å². The molecule has 1 aliphatic carbocycles. The number of hydrogen-bond donors (Lipinski definition) is 0. The lowest BCUT2D eigenvalue weighted by molar-refractivity contribution is 0.296. The highest BCUT2D eigenvalue weighted by atomic mass is 32.1. The van der Waals surface area contributed by atoms with E-state index in [0.29, 0.717) is 18.5 Å². The lowest BCUT2D eigenvalue weighted by atomic mass is 9.89. The van der Waals surface area contributed by atoms with Crippen molar-refractivity contribution in [3.63, 3.8) is 0 Å². The van der Waals surface area contributed by atoms with Gasteiger partial charge in [0.2, 0.25) is 0 Å². The highest BCUT2D eigenvalue weighted by Crippen LogP contribution is 2.33. The van der Waals surface area contributed by atoms with Gasteiger partial charge in [-0.2, -0.15) is 0 Å². The largest absolute Gasteiger partial charge is 0.492 e. The van der Waals surface area contributed by atoms with Gasteiger partial charge in [-0.3, -0.25) is 9.36 Å². The monoisotopic (exact) mass is 416 g/mol. The molecule has 0 spiro atoms. The molecule has 0 radical (unpaired) electrons. The van der Waals surface area contributed by atoms with Gasteiger partial charge in [0, 0.05) is 10.9 Å². The molecule has 0 fully saturated rings. The van der Waals surface area contributed by atoms with E-state index in [0.717, 1.165) is 40.1 Å². The molecule has 5 rings (SSSR count). The Morgan fingerprint density at radius 2 is 1.97 bits per heavy atom. The molecule has 2 aromatic carbocycles. The van der Waals surface area contributed by atoms with Gasteiger partial charge in [0.05, 0.1) is 18.3 Å². The molecule has 0 bridgehead atoms. The van der Waals surface area contributed by atoms with E-state index in [4.69, 9.17) is 4.74 Å². The fourth-order valence-corrected chi connectivity index (χ4v) is 5.11. The Kier molecular flexibility index (Phi) is 5.13. The maximum atomic E-state index is 13.2. The number of rotatable bonds is 5. The zero-order valence-corrected chi connectivity index (χ0v) is 17.9. The van der Waals surface area contributed by atoms with Gasteiger partial charge >= 0.3 is 0 Å². The Labute approximate surface area is 179 Å². The number of benzene rings is 2. The molecule has 0 N–H and O–H groups in total. The van der Waals surface area contributed by atoms with Crippen LogP contribution in [0.3, 0.4) is 0 Å². The van der Waals surface area contributed by atoms with Crippen molar-refractivity contribution in [1.29, 1.82) is 0 Å². The fraction of sp³-hybridized carbons (Fsp3) is 0.280. The standard InChI is InChI=1S/C25H24N2O2S/c1-17-5-4-8-21(13-17)29-12-11-27-16-26-24-23(25(27)28)22(15-30-24)20-10-9-18-6-2-3-7-19(18)14-20/h4-5,8-10,13-16H,2-3,6-7,11-12H2,1H3. The minimum Gasteiger partial charge on any atom is -0.492 e. The van der Waals surface area contributed by atoms with E-state index in [9.17, 15) is 4.79 Å². The van der Waals surface area contributed by atoms with Crippen molar-refractivity contribution in [2.45, 2.75) is 39.2 Å². The maximum Gasteiger partial charge on any atom is 0.262 e. The number of fused-ring (bicyclic) bond motifs is 2. The molecule has 30 heavy (non-hydrogen) atoms. The Morgan fingerprint density at radius 3 is 2.83 bits per heavy atom. The van der Waals surface area contributed by atoms with E-state index < -0.39 is 0 Å². The second kappa shape index (κ2) is 8.07. The predicted molar refractivity (Wildman–Crippen MR) is 123 cm³/mol. The van der Waals surface area contributed by atoms with E-state index in [2.05, 4.69) is 28.6 Å². The zero-order chi connectivity index (χ0) is 20.5. The summed E-state index contributed by atoms with van der Waals surface area (Å²) in [6.07, 6.45) is 6.44. The smallest absolute Gasteiger partial charge is 0.262 e. The van der Waals surface area contributed by atoms with Crippen LogP contribution in [0, 0.1) is 6.92 Å². The Hall–Kier alpha value is -2.92. The van der Waals surface area contributed by atoms with Crippen LogP contribution in [0.25, 0.3) is 21.3 Å². The average Bonchev–Trinajstić information content (AvgIpc) is 3.20. The Bertz CT molecular complexity index is 1270. The van der Waals surface area contributed by atoms with E-state index in [1.54, 1.807) is 10.9 Å². The summed E-state index contributed by atoms with van der Waals surface area (Å²) in [6.45, 7) is 2.93. The summed E-state index contributed by atoms with van der Waals surface area (Å²) >= 11 is 1.54. The van der Waals surface area contributed by atoms with Crippen molar-refractivity contribution < 1.29 is 4.74 Å². The van der Waals surface area contributed by atoms with Crippen molar-refractivity contribution >= 4 is 21.6 Å². The lowest BCUT2D eigenvalue weighted by Crippen LogP contribution is -2.23. The summed E-state index contributed by atoms with van der Waals surface area (Å²) < 4.78 is 7.49. The van der Waals surface area contributed by atoms with Crippen LogP contribution in [0.2, 0.25) is 0 Å². The third-order valence-corrected chi connectivity index (χ3v) is 6.70. The highest BCUT2D eigenvalue weighted by Gasteiger charge is 2.16. The van der Waals surface area contributed by atoms with Crippen molar-refractivity contribution in [2.24, 2.45) is 0 Å². The molecular formula is C25H24N2O2S. The molecule has 1 aliphatic rings. The molecule has 2 heterocycles. The number of thiophene rings is 1. The van der Waals surface area contributed by atoms with Crippen LogP contribution in [0.4, 0.5) is 0 Å². The van der Waals surface area contributed by atoms with Gasteiger partial charge in [-0.15, -0.1) is 11.3 Å². The van der Waals surface area contributed by atoms with Crippen LogP contribution in [-0.4, -0.2) is 16.2 Å². The van der Waals surface area contributed by atoms with Gasteiger partial charge < -0.3 is 4.74 Å². The third kappa shape index (κ3) is 3.65. The van der Waals surface area contributed by atoms with E-state index in [-0.39, 0.29) is 5.56 Å². The summed E-state index contributed by atoms with van der Waals surface area (Å²) in [5.41, 5.74) is 6.15. The number of hydrogen-bond acceptors (Lipinski definition) is 4. The van der Waals surface area contributed by atoms with Crippen LogP contribution >= 0.6 is 11.3 Å². The van der Waals surface area contributed by atoms with Crippen LogP contribution in [0.1, 0.15) is 29.5 Å². The second-order valence-electron chi connectivity index (χ2n) is 7.93. The molecule has 152 valence electrons. The average molecular weight is 417 g/mol. The van der Waals surface area contributed by atoms with Crippen molar-refractivity contribution in [2.75, 3.05) is 6.61 Å². The van der Waals surface area contributed by atoms with Gasteiger partial charge in [-0.1, -0.05) is 30.3 Å². The summed E-state index contributed by atoms with van der Waals surface area (Å²) in [6, 6.07) is 14.6. The first-order valence-corrected chi connectivity index (χ1v) is 11.4. The van der Waals surface area contributed by atoms with Crippen LogP contribution in [0.5, 0.6) is 5.75 Å². The van der Waals surface area contributed by atoms with Crippen LogP contribution in [-0.2, 0) is 19.4 Å². The van der Waals surface area contributed by atoms with Gasteiger partial charge in [0.25, 0.3) is 5.56 Å². The lowest BCUT2D eigenvalue weighted by Gasteiger charge is -2.16. The van der Waals surface area contributed by atoms with Crippen LogP contribution < -0.4 is 10.3 Å². The molecule has 0 atom stereocenters. The number of aromatic nitrogens is 2. The summed E-state index contributed by atoms with van der Waals surface area (Å²) in [7, 11) is 0. The molecule has 0 amide bonds. The first-order chi connectivity index (χ1) is 14.7. The Balaban J connectivity index is 1.43. The molecule has 0 aliphatic heterocycles. The quantitative estimate of drug-likeness (QED) is 0.438. The maximum absolute atomic E-state index is 13.2. The molecule has 0 saturated heterocycles. The van der Waals surface area contributed by atoms with Gasteiger partial charge in [0.15, 0.2) is 0 Å². The topological polar surface area (TPSA) is 44.1 Å². The normalized spacial score (nSPS) is 13.4. The molecule has 2 aromatic heterocycles. The fourth-order valence-electron chi connectivity index (χ4n) is 4.21. The molecule has 0 saturated carbocycles. The number of aryl methyl sites for hydroxylation is 3. The highest BCUT2D eigenvalue weighted by molar-refractivity contribution is 7.17. The van der Waals surface area contributed by atoms with Crippen molar-refractivity contribution in [3.8, 4) is 16.9 Å². The molecular weight excluding hydrogens is 392 g/mol. The molecule has 5 heteroatoms. The van der Waals surface area contributed by atoms with Crippen molar-refractivity contribution in [3.05, 3.63) is 81.2 Å². The first-order valence-electron chi connectivity index (χ1n) is 10.5. The zero-order valence-electron chi connectivity index (χ0n) is 17.1. The van der Waals surface area contributed by atoms with E-state index >= 15 is 0 Å². The minimum atomic E-state index is 0.00168. The first kappa shape index (κ1) is 19.1. The summed E-state index contributed by atoms with van der Waals surface area (Å²) in [5, 5.41) is 2.78. The Morgan fingerprint density at radius 1 is 1.10 bits per heavy atom. The van der Waals surface area contributed by atoms with E-state index in [1.807, 2.05) is 31.2 Å². The van der Waals surface area contributed by atoms with Gasteiger partial charge in [-0.25, -0.2) is 4.98 Å². The minimum absolute atomic E-state index is 0.00168. The van der Waals surface area contributed by atoms with Gasteiger partial charge in [-0.05, 0) is 67.0 Å². The molecule has 4 aromatic rings. The summed E-state index contributed by atoms with van der Waals surface area (Å²) in [4.78, 5) is 18.6.